The normalized spacial score (nSPS) is 11.5. The van der Waals surface area contributed by atoms with Crippen LogP contribution in [0.5, 0.6) is 5.75 Å². The average Bonchev–Trinajstić information content (AvgIpc) is 2.87. The molecular weight excluding hydrogens is 281 g/mol. The number of hydrogen-bond donors (Lipinski definition) is 0. The smallest absolute Gasteiger partial charge is 0.405 e. The van der Waals surface area contributed by atoms with Crippen molar-refractivity contribution in [1.82, 2.24) is 9.78 Å². The van der Waals surface area contributed by atoms with Crippen molar-refractivity contribution in [3.63, 3.8) is 0 Å². The van der Waals surface area contributed by atoms with Gasteiger partial charge in [-0.25, -0.2) is 0 Å². The van der Waals surface area contributed by atoms with Gasteiger partial charge in [0.15, 0.2) is 0 Å². The Labute approximate surface area is 120 Å². The molecule has 0 fully saturated rings. The summed E-state index contributed by atoms with van der Waals surface area (Å²) in [5, 5.41) is 4.11. The van der Waals surface area contributed by atoms with E-state index in [1.165, 1.54) is 24.4 Å². The molecule has 0 aliphatic heterocycles. The van der Waals surface area contributed by atoms with E-state index in [1.54, 1.807) is 10.9 Å². The zero-order valence-electron chi connectivity index (χ0n) is 11.5. The van der Waals surface area contributed by atoms with E-state index in [9.17, 15) is 13.2 Å². The molecule has 0 amide bonds. The fourth-order valence-corrected chi connectivity index (χ4v) is 1.82. The second-order valence-electron chi connectivity index (χ2n) is 4.71. The molecule has 0 N–H and O–H groups in total. The van der Waals surface area contributed by atoms with E-state index in [2.05, 4.69) is 15.8 Å². The van der Waals surface area contributed by atoms with Gasteiger partial charge in [-0.15, -0.1) is 19.6 Å². The molecule has 6 heteroatoms. The molecule has 0 bridgehead atoms. The summed E-state index contributed by atoms with van der Waals surface area (Å²) in [6.07, 6.45) is 3.67. The first-order valence-electron chi connectivity index (χ1n) is 6.21. The Morgan fingerprint density at radius 2 is 2.05 bits per heavy atom. The van der Waals surface area contributed by atoms with Crippen LogP contribution in [0.4, 0.5) is 13.2 Å². The standard InChI is InChI=1S/C15H13F3N2O/c1-4-11-5-6-14(21-15(16,17)18)13(7-11)12-8-19-20(9-12)10(2)3/h1,5-10H,2-3H3. The van der Waals surface area contributed by atoms with Crippen molar-refractivity contribution in [3.8, 4) is 29.2 Å². The minimum absolute atomic E-state index is 0.0987. The number of terminal acetylenes is 1. The van der Waals surface area contributed by atoms with E-state index in [1.807, 2.05) is 13.8 Å². The molecule has 3 nitrogen and oxygen atoms in total. The molecule has 21 heavy (non-hydrogen) atoms. The number of ether oxygens (including phenoxy) is 1. The highest BCUT2D eigenvalue weighted by Crippen LogP contribution is 2.34. The first-order valence-corrected chi connectivity index (χ1v) is 6.21. The van der Waals surface area contributed by atoms with Crippen molar-refractivity contribution in [3.05, 3.63) is 36.2 Å². The van der Waals surface area contributed by atoms with Crippen LogP contribution in [0, 0.1) is 12.3 Å². The molecule has 0 saturated heterocycles. The topological polar surface area (TPSA) is 27.1 Å². The molecule has 1 aromatic carbocycles. The molecule has 2 rings (SSSR count). The molecule has 1 aromatic heterocycles. The van der Waals surface area contributed by atoms with E-state index < -0.39 is 6.36 Å². The minimum atomic E-state index is -4.76. The lowest BCUT2D eigenvalue weighted by Crippen LogP contribution is -2.17. The summed E-state index contributed by atoms with van der Waals surface area (Å²) in [6, 6.07) is 4.19. The van der Waals surface area contributed by atoms with Gasteiger partial charge in [0.25, 0.3) is 0 Å². The SMILES string of the molecule is C#Cc1ccc(OC(F)(F)F)c(-c2cnn(C(C)C)c2)c1. The summed E-state index contributed by atoms with van der Waals surface area (Å²) in [6.45, 7) is 3.84. The molecular formula is C15H13F3N2O. The molecule has 0 saturated carbocycles. The van der Waals surface area contributed by atoms with Crippen LogP contribution >= 0.6 is 0 Å². The van der Waals surface area contributed by atoms with Crippen LogP contribution in [0.3, 0.4) is 0 Å². The Hall–Kier alpha value is -2.42. The van der Waals surface area contributed by atoms with Crippen LogP contribution in [0.15, 0.2) is 30.6 Å². The second kappa shape index (κ2) is 5.52. The van der Waals surface area contributed by atoms with E-state index in [0.29, 0.717) is 11.1 Å². The molecule has 0 aliphatic rings. The van der Waals surface area contributed by atoms with Gasteiger partial charge in [0.2, 0.25) is 0 Å². The number of nitrogens with zero attached hydrogens (tertiary/aromatic N) is 2. The highest BCUT2D eigenvalue weighted by atomic mass is 19.4. The first kappa shape index (κ1) is 15.0. The first-order chi connectivity index (χ1) is 9.80. The lowest BCUT2D eigenvalue weighted by molar-refractivity contribution is -0.274. The van der Waals surface area contributed by atoms with Gasteiger partial charge < -0.3 is 4.74 Å². The summed E-state index contributed by atoms with van der Waals surface area (Å²) in [7, 11) is 0. The lowest BCUT2D eigenvalue weighted by atomic mass is 10.1. The van der Waals surface area contributed by atoms with Gasteiger partial charge >= 0.3 is 6.36 Å². The summed E-state index contributed by atoms with van der Waals surface area (Å²) in [4.78, 5) is 0. The predicted molar refractivity (Wildman–Crippen MR) is 72.7 cm³/mol. The highest BCUT2D eigenvalue weighted by Gasteiger charge is 2.32. The highest BCUT2D eigenvalue weighted by molar-refractivity contribution is 5.71. The molecule has 0 spiro atoms. The molecule has 0 unspecified atom stereocenters. The molecule has 0 atom stereocenters. The second-order valence-corrected chi connectivity index (χ2v) is 4.71. The van der Waals surface area contributed by atoms with Crippen molar-refractivity contribution in [2.45, 2.75) is 26.3 Å². The number of rotatable bonds is 3. The summed E-state index contributed by atoms with van der Waals surface area (Å²) < 4.78 is 43.1. The number of halogens is 3. The molecule has 2 aromatic rings. The van der Waals surface area contributed by atoms with Gasteiger partial charge in [0.05, 0.1) is 6.20 Å². The predicted octanol–water partition coefficient (Wildman–Crippen LogP) is 4.01. The molecule has 0 aliphatic carbocycles. The monoisotopic (exact) mass is 294 g/mol. The quantitative estimate of drug-likeness (QED) is 0.800. The van der Waals surface area contributed by atoms with Crippen LogP contribution in [0.25, 0.3) is 11.1 Å². The Balaban J connectivity index is 2.50. The van der Waals surface area contributed by atoms with Crippen molar-refractivity contribution >= 4 is 0 Å². The van der Waals surface area contributed by atoms with Gasteiger partial charge in [0, 0.05) is 28.9 Å². The summed E-state index contributed by atoms with van der Waals surface area (Å²) in [5.41, 5.74) is 1.24. The van der Waals surface area contributed by atoms with Crippen molar-refractivity contribution in [1.29, 1.82) is 0 Å². The molecule has 110 valence electrons. The average molecular weight is 294 g/mol. The maximum Gasteiger partial charge on any atom is 0.573 e. The molecule has 0 radical (unpaired) electrons. The lowest BCUT2D eigenvalue weighted by Gasteiger charge is -2.13. The van der Waals surface area contributed by atoms with Crippen LogP contribution in [-0.2, 0) is 0 Å². The fourth-order valence-electron chi connectivity index (χ4n) is 1.82. The van der Waals surface area contributed by atoms with Crippen LogP contribution in [0.1, 0.15) is 25.5 Å². The third-order valence-corrected chi connectivity index (χ3v) is 2.81. The van der Waals surface area contributed by atoms with Gasteiger partial charge in [-0.05, 0) is 32.0 Å². The van der Waals surface area contributed by atoms with Gasteiger partial charge in [-0.3, -0.25) is 4.68 Å². The Morgan fingerprint density at radius 3 is 2.57 bits per heavy atom. The maximum absolute atomic E-state index is 12.5. The number of benzene rings is 1. The van der Waals surface area contributed by atoms with Gasteiger partial charge in [0.1, 0.15) is 5.75 Å². The van der Waals surface area contributed by atoms with Crippen LogP contribution in [-0.4, -0.2) is 16.1 Å². The number of hydrogen-bond acceptors (Lipinski definition) is 2. The largest absolute Gasteiger partial charge is 0.573 e. The Morgan fingerprint density at radius 1 is 1.33 bits per heavy atom. The van der Waals surface area contributed by atoms with E-state index in [-0.39, 0.29) is 17.4 Å². The van der Waals surface area contributed by atoms with Crippen LogP contribution in [0.2, 0.25) is 0 Å². The Kier molecular flexibility index (Phi) is 3.94. The van der Waals surface area contributed by atoms with E-state index in [0.717, 1.165) is 0 Å². The van der Waals surface area contributed by atoms with E-state index >= 15 is 0 Å². The van der Waals surface area contributed by atoms with Crippen molar-refractivity contribution in [2.75, 3.05) is 0 Å². The van der Waals surface area contributed by atoms with Gasteiger partial charge in [-0.2, -0.15) is 5.10 Å². The zero-order chi connectivity index (χ0) is 15.6. The molecule has 1 heterocycles. The summed E-state index contributed by atoms with van der Waals surface area (Å²) >= 11 is 0. The number of alkyl halides is 3. The van der Waals surface area contributed by atoms with Gasteiger partial charge in [-0.1, -0.05) is 5.92 Å². The van der Waals surface area contributed by atoms with Crippen molar-refractivity contribution < 1.29 is 17.9 Å². The van der Waals surface area contributed by atoms with Crippen molar-refractivity contribution in [2.24, 2.45) is 0 Å². The minimum Gasteiger partial charge on any atom is -0.405 e. The summed E-state index contributed by atoms with van der Waals surface area (Å²) in [5.74, 6) is 2.09. The Bertz CT molecular complexity index is 681. The van der Waals surface area contributed by atoms with Crippen LogP contribution < -0.4 is 4.74 Å². The third-order valence-electron chi connectivity index (χ3n) is 2.81. The third kappa shape index (κ3) is 3.57. The fraction of sp³-hybridized carbons (Fsp3) is 0.267. The maximum atomic E-state index is 12.5. The number of aromatic nitrogens is 2. The van der Waals surface area contributed by atoms with E-state index in [4.69, 9.17) is 6.42 Å². The zero-order valence-corrected chi connectivity index (χ0v) is 11.5.